The Morgan fingerprint density at radius 3 is 2.39 bits per heavy atom. The van der Waals surface area contributed by atoms with Crippen LogP contribution in [0.3, 0.4) is 0 Å². The van der Waals surface area contributed by atoms with Crippen molar-refractivity contribution in [2.45, 2.75) is 24.3 Å². The molecule has 0 aliphatic carbocycles. The number of halogens is 1. The minimum Gasteiger partial charge on any atom is -0.273 e. The summed E-state index contributed by atoms with van der Waals surface area (Å²) in [4.78, 5) is 0. The molecule has 3 nitrogen and oxygen atoms in total. The van der Waals surface area contributed by atoms with E-state index < -0.39 is 0 Å². The van der Waals surface area contributed by atoms with Gasteiger partial charge in [0.2, 0.25) is 0 Å². The molecule has 0 N–H and O–H groups in total. The number of nitrogens with zero attached hydrogens (tertiary/aromatic N) is 3. The fourth-order valence-corrected chi connectivity index (χ4v) is 4.02. The van der Waals surface area contributed by atoms with Gasteiger partial charge < -0.3 is 0 Å². The lowest BCUT2D eigenvalue weighted by atomic mass is 10.1. The number of hydrogen-bond acceptors (Lipinski definition) is 3. The Morgan fingerprint density at radius 1 is 0.857 bits per heavy atom. The Kier molecular flexibility index (Phi) is 5.53. The molecule has 1 aromatic heterocycles. The van der Waals surface area contributed by atoms with Gasteiger partial charge in [0.1, 0.15) is 11.6 Å². The summed E-state index contributed by atoms with van der Waals surface area (Å²) in [6.07, 6.45) is 0.697. The van der Waals surface area contributed by atoms with Crippen molar-refractivity contribution in [3.63, 3.8) is 0 Å². The number of aromatic nitrogens is 3. The molecule has 0 aliphatic heterocycles. The van der Waals surface area contributed by atoms with Crippen molar-refractivity contribution in [3.8, 4) is 5.69 Å². The zero-order chi connectivity index (χ0) is 19.3. The Labute approximate surface area is 168 Å². The molecule has 5 heteroatoms. The molecular weight excluding hydrogens is 369 g/mol. The van der Waals surface area contributed by atoms with Gasteiger partial charge in [-0.25, -0.2) is 4.39 Å². The normalized spacial score (nSPS) is 10.9. The van der Waals surface area contributed by atoms with Gasteiger partial charge in [0, 0.05) is 12.2 Å². The van der Waals surface area contributed by atoms with Crippen molar-refractivity contribution < 1.29 is 4.39 Å². The van der Waals surface area contributed by atoms with Crippen LogP contribution in [0.1, 0.15) is 22.5 Å². The van der Waals surface area contributed by atoms with Crippen molar-refractivity contribution >= 4 is 11.8 Å². The lowest BCUT2D eigenvalue weighted by molar-refractivity contribution is 0.626. The lowest BCUT2D eigenvalue weighted by Crippen LogP contribution is -2.05. The van der Waals surface area contributed by atoms with Gasteiger partial charge in [-0.2, -0.15) is 0 Å². The first-order valence-electron chi connectivity index (χ1n) is 9.12. The average Bonchev–Trinajstić information content (AvgIpc) is 3.10. The van der Waals surface area contributed by atoms with Gasteiger partial charge in [0.15, 0.2) is 5.16 Å². The monoisotopic (exact) mass is 389 g/mol. The SMILES string of the molecule is Cc1ccccc1-n1c(Cc2ccccc2)nnc1SCc1cccc(F)c1. The topological polar surface area (TPSA) is 30.7 Å². The fourth-order valence-electron chi connectivity index (χ4n) is 3.12. The van der Waals surface area contributed by atoms with E-state index in [9.17, 15) is 4.39 Å². The third-order valence-corrected chi connectivity index (χ3v) is 5.52. The van der Waals surface area contributed by atoms with Crippen LogP contribution in [-0.2, 0) is 12.2 Å². The summed E-state index contributed by atoms with van der Waals surface area (Å²) in [5.74, 6) is 1.30. The van der Waals surface area contributed by atoms with Gasteiger partial charge in [-0.1, -0.05) is 72.4 Å². The van der Waals surface area contributed by atoms with Gasteiger partial charge in [0.25, 0.3) is 0 Å². The van der Waals surface area contributed by atoms with Crippen molar-refractivity contribution in [2.24, 2.45) is 0 Å². The number of thioether (sulfide) groups is 1. The number of benzene rings is 3. The maximum Gasteiger partial charge on any atom is 0.196 e. The lowest BCUT2D eigenvalue weighted by Gasteiger charge is -2.13. The summed E-state index contributed by atoms with van der Waals surface area (Å²) < 4.78 is 15.6. The molecular formula is C23H20FN3S. The molecule has 4 rings (SSSR count). The second-order valence-corrected chi connectivity index (χ2v) is 7.54. The van der Waals surface area contributed by atoms with Crippen molar-refractivity contribution in [2.75, 3.05) is 0 Å². The first-order chi connectivity index (χ1) is 13.7. The van der Waals surface area contributed by atoms with Crippen LogP contribution in [0.4, 0.5) is 4.39 Å². The van der Waals surface area contributed by atoms with Gasteiger partial charge in [-0.15, -0.1) is 10.2 Å². The van der Waals surface area contributed by atoms with E-state index in [2.05, 4.69) is 46.0 Å². The highest BCUT2D eigenvalue weighted by Gasteiger charge is 2.16. The van der Waals surface area contributed by atoms with E-state index >= 15 is 0 Å². The van der Waals surface area contributed by atoms with E-state index in [1.807, 2.05) is 36.4 Å². The molecule has 0 unspecified atom stereocenters. The quantitative estimate of drug-likeness (QED) is 0.402. The summed E-state index contributed by atoms with van der Waals surface area (Å²) >= 11 is 1.57. The van der Waals surface area contributed by atoms with Crippen molar-refractivity contribution in [3.05, 3.63) is 107 Å². The molecule has 0 atom stereocenters. The van der Waals surface area contributed by atoms with Crippen LogP contribution in [0.15, 0.2) is 84.0 Å². The van der Waals surface area contributed by atoms with Crippen LogP contribution in [-0.4, -0.2) is 14.8 Å². The summed E-state index contributed by atoms with van der Waals surface area (Å²) in [5, 5.41) is 9.74. The van der Waals surface area contributed by atoms with E-state index in [0.717, 1.165) is 27.8 Å². The molecule has 1 heterocycles. The summed E-state index contributed by atoms with van der Waals surface area (Å²) in [5.41, 5.74) is 4.34. The van der Waals surface area contributed by atoms with E-state index in [4.69, 9.17) is 0 Å². The summed E-state index contributed by atoms with van der Waals surface area (Å²) in [6.45, 7) is 2.09. The number of aryl methyl sites for hydroxylation is 1. The van der Waals surface area contributed by atoms with Crippen molar-refractivity contribution in [1.29, 1.82) is 0 Å². The van der Waals surface area contributed by atoms with E-state index in [1.165, 1.54) is 11.6 Å². The van der Waals surface area contributed by atoms with Crippen LogP contribution in [0.25, 0.3) is 5.69 Å². The molecule has 0 bridgehead atoms. The van der Waals surface area contributed by atoms with Crippen LogP contribution in [0, 0.1) is 12.7 Å². The highest BCUT2D eigenvalue weighted by atomic mass is 32.2. The molecule has 0 saturated heterocycles. The maximum absolute atomic E-state index is 13.5. The Balaban J connectivity index is 1.69. The molecule has 3 aromatic carbocycles. The van der Waals surface area contributed by atoms with Crippen LogP contribution in [0.5, 0.6) is 0 Å². The predicted molar refractivity (Wildman–Crippen MR) is 111 cm³/mol. The molecule has 0 aliphatic rings. The Morgan fingerprint density at radius 2 is 1.61 bits per heavy atom. The first kappa shape index (κ1) is 18.4. The van der Waals surface area contributed by atoms with Crippen molar-refractivity contribution in [1.82, 2.24) is 14.8 Å². The van der Waals surface area contributed by atoms with E-state index in [-0.39, 0.29) is 5.82 Å². The highest BCUT2D eigenvalue weighted by Crippen LogP contribution is 2.27. The fraction of sp³-hybridized carbons (Fsp3) is 0.130. The third kappa shape index (κ3) is 4.15. The van der Waals surface area contributed by atoms with Gasteiger partial charge in [-0.05, 0) is 41.8 Å². The van der Waals surface area contributed by atoms with Gasteiger partial charge in [-0.3, -0.25) is 4.57 Å². The predicted octanol–water partition coefficient (Wildman–Crippen LogP) is 5.60. The molecule has 0 saturated carbocycles. The second-order valence-electron chi connectivity index (χ2n) is 6.60. The Hall–Kier alpha value is -2.92. The standard InChI is InChI=1S/C23H20FN3S/c1-17-8-5-6-13-21(17)27-22(15-18-9-3-2-4-10-18)25-26-23(27)28-16-19-11-7-12-20(24)14-19/h2-14H,15-16H2,1H3. The molecule has 0 amide bonds. The Bertz CT molecular complexity index is 1080. The number of hydrogen-bond donors (Lipinski definition) is 0. The molecule has 140 valence electrons. The summed E-state index contributed by atoms with van der Waals surface area (Å²) in [7, 11) is 0. The first-order valence-corrected chi connectivity index (χ1v) is 10.1. The largest absolute Gasteiger partial charge is 0.273 e. The minimum atomic E-state index is -0.219. The smallest absolute Gasteiger partial charge is 0.196 e. The van der Waals surface area contributed by atoms with E-state index in [0.29, 0.717) is 12.2 Å². The zero-order valence-corrected chi connectivity index (χ0v) is 16.4. The van der Waals surface area contributed by atoms with Crippen LogP contribution < -0.4 is 0 Å². The third-order valence-electron chi connectivity index (χ3n) is 4.52. The van der Waals surface area contributed by atoms with Gasteiger partial charge in [0.05, 0.1) is 5.69 Å². The average molecular weight is 389 g/mol. The molecule has 28 heavy (non-hydrogen) atoms. The molecule has 0 fully saturated rings. The number of rotatable bonds is 6. The summed E-state index contributed by atoms with van der Waals surface area (Å²) in [6, 6.07) is 25.2. The molecule has 4 aromatic rings. The van der Waals surface area contributed by atoms with Crippen LogP contribution in [0.2, 0.25) is 0 Å². The van der Waals surface area contributed by atoms with Crippen LogP contribution >= 0.6 is 11.8 Å². The van der Waals surface area contributed by atoms with E-state index in [1.54, 1.807) is 23.9 Å². The highest BCUT2D eigenvalue weighted by molar-refractivity contribution is 7.98. The second kappa shape index (κ2) is 8.40. The maximum atomic E-state index is 13.5. The number of para-hydroxylation sites is 1. The minimum absolute atomic E-state index is 0.219. The molecule has 0 spiro atoms. The molecule has 0 radical (unpaired) electrons. The van der Waals surface area contributed by atoms with Gasteiger partial charge >= 0.3 is 0 Å². The zero-order valence-electron chi connectivity index (χ0n) is 15.5.